The van der Waals surface area contributed by atoms with Crippen LogP contribution in [0.5, 0.6) is 0 Å². The number of hydrogen-bond acceptors (Lipinski definition) is 5. The van der Waals surface area contributed by atoms with E-state index in [9.17, 15) is 8.42 Å². The van der Waals surface area contributed by atoms with Crippen molar-refractivity contribution in [2.45, 2.75) is 30.9 Å². The van der Waals surface area contributed by atoms with Gasteiger partial charge in [0.05, 0.1) is 10.9 Å². The van der Waals surface area contributed by atoms with Crippen molar-refractivity contribution >= 4 is 26.5 Å². The Balaban J connectivity index is 2.07. The molecule has 3 N–H and O–H groups in total. The van der Waals surface area contributed by atoms with Crippen LogP contribution in [-0.2, 0) is 10.0 Å². The lowest BCUT2D eigenvalue weighted by Crippen LogP contribution is -2.31. The van der Waals surface area contributed by atoms with Crippen LogP contribution in [0.2, 0.25) is 0 Å². The second kappa shape index (κ2) is 4.31. The van der Waals surface area contributed by atoms with Gasteiger partial charge in [0, 0.05) is 17.8 Å². The minimum atomic E-state index is -3.38. The molecular weight excluding hydrogens is 246 g/mol. The number of sulfonamides is 1. The Labute approximate surface area is 99.1 Å². The molecule has 0 amide bonds. The van der Waals surface area contributed by atoms with Gasteiger partial charge in [-0.3, -0.25) is 4.72 Å². The van der Waals surface area contributed by atoms with Crippen molar-refractivity contribution < 1.29 is 8.42 Å². The molecule has 1 aromatic rings. The van der Waals surface area contributed by atoms with Gasteiger partial charge in [-0.25, -0.2) is 13.4 Å². The first-order chi connectivity index (χ1) is 7.53. The summed E-state index contributed by atoms with van der Waals surface area (Å²) >= 11 is 1.33. The largest absolute Gasteiger partial charge is 0.329 e. The minimum absolute atomic E-state index is 0.107. The zero-order chi connectivity index (χ0) is 11.8. The molecule has 1 unspecified atom stereocenters. The van der Waals surface area contributed by atoms with Gasteiger partial charge < -0.3 is 5.73 Å². The number of nitrogens with zero attached hydrogens (tertiary/aromatic N) is 1. The van der Waals surface area contributed by atoms with E-state index in [1.54, 1.807) is 6.92 Å². The van der Waals surface area contributed by atoms with E-state index in [2.05, 4.69) is 9.71 Å². The van der Waals surface area contributed by atoms with Crippen LogP contribution in [0, 0.1) is 0 Å². The SMILES string of the molecule is CC(CN)S(=O)(=O)Nc1nc(C2CC2)cs1. The molecule has 1 heterocycles. The average Bonchev–Trinajstić information content (AvgIpc) is 2.99. The average molecular weight is 261 g/mol. The van der Waals surface area contributed by atoms with Crippen LogP contribution in [0.15, 0.2) is 5.38 Å². The fraction of sp³-hybridized carbons (Fsp3) is 0.667. The fourth-order valence-electron chi connectivity index (χ4n) is 1.25. The third-order valence-corrected chi connectivity index (χ3v) is 5.24. The monoisotopic (exact) mass is 261 g/mol. The molecular formula is C9H15N3O2S2. The van der Waals surface area contributed by atoms with Crippen LogP contribution in [0.4, 0.5) is 5.13 Å². The van der Waals surface area contributed by atoms with Gasteiger partial charge in [0.15, 0.2) is 5.13 Å². The van der Waals surface area contributed by atoms with E-state index in [1.165, 1.54) is 11.3 Å². The van der Waals surface area contributed by atoms with Crippen molar-refractivity contribution in [3.8, 4) is 0 Å². The normalized spacial score (nSPS) is 18.4. The fourth-order valence-corrected chi connectivity index (χ4v) is 3.17. The van der Waals surface area contributed by atoms with Crippen molar-refractivity contribution in [1.29, 1.82) is 0 Å². The molecule has 2 rings (SSSR count). The summed E-state index contributed by atoms with van der Waals surface area (Å²) in [6, 6.07) is 0. The maximum Gasteiger partial charge on any atom is 0.238 e. The second-order valence-corrected chi connectivity index (χ2v) is 7.00. The van der Waals surface area contributed by atoms with Crippen molar-refractivity contribution in [2.24, 2.45) is 5.73 Å². The standard InChI is InChI=1S/C9H15N3O2S2/c1-6(4-10)16(13,14)12-9-11-8(5-15-9)7-2-3-7/h5-7H,2-4,10H2,1H3,(H,11,12). The number of thiazole rings is 1. The maximum absolute atomic E-state index is 11.7. The van der Waals surface area contributed by atoms with Crippen LogP contribution >= 0.6 is 11.3 Å². The predicted molar refractivity (Wildman–Crippen MR) is 65.1 cm³/mol. The molecule has 90 valence electrons. The third kappa shape index (κ3) is 2.53. The maximum atomic E-state index is 11.7. The molecule has 7 heteroatoms. The van der Waals surface area contributed by atoms with Gasteiger partial charge in [-0.1, -0.05) is 0 Å². The van der Waals surface area contributed by atoms with E-state index in [0.29, 0.717) is 11.0 Å². The summed E-state index contributed by atoms with van der Waals surface area (Å²) in [5.74, 6) is 0.543. The summed E-state index contributed by atoms with van der Waals surface area (Å²) in [7, 11) is -3.38. The Bertz CT molecular complexity index is 465. The highest BCUT2D eigenvalue weighted by molar-refractivity contribution is 7.93. The summed E-state index contributed by atoms with van der Waals surface area (Å²) in [5, 5.41) is 1.77. The summed E-state index contributed by atoms with van der Waals surface area (Å²) < 4.78 is 25.9. The summed E-state index contributed by atoms with van der Waals surface area (Å²) in [4.78, 5) is 4.26. The first-order valence-corrected chi connectivity index (χ1v) is 7.62. The number of aromatic nitrogens is 1. The molecule has 1 atom stereocenters. The molecule has 1 saturated carbocycles. The van der Waals surface area contributed by atoms with Crippen LogP contribution < -0.4 is 10.5 Å². The number of anilines is 1. The highest BCUT2D eigenvalue weighted by atomic mass is 32.2. The van der Waals surface area contributed by atoms with Gasteiger partial charge in [-0.05, 0) is 19.8 Å². The van der Waals surface area contributed by atoms with Crippen LogP contribution in [0.1, 0.15) is 31.4 Å². The highest BCUT2D eigenvalue weighted by Crippen LogP contribution is 2.40. The summed E-state index contributed by atoms with van der Waals surface area (Å²) in [6.07, 6.45) is 2.32. The van der Waals surface area contributed by atoms with Gasteiger partial charge in [0.1, 0.15) is 0 Å². The number of nitrogens with two attached hydrogens (primary N) is 1. The number of hydrogen-bond donors (Lipinski definition) is 2. The van der Waals surface area contributed by atoms with Crippen LogP contribution in [0.3, 0.4) is 0 Å². The number of nitrogens with one attached hydrogen (secondary N) is 1. The molecule has 0 spiro atoms. The lowest BCUT2D eigenvalue weighted by molar-refractivity contribution is 0.589. The van der Waals surface area contributed by atoms with E-state index < -0.39 is 15.3 Å². The Hall–Kier alpha value is -0.660. The van der Waals surface area contributed by atoms with Gasteiger partial charge in [0.25, 0.3) is 0 Å². The predicted octanol–water partition coefficient (Wildman–Crippen LogP) is 1.11. The first kappa shape index (κ1) is 11.8. The molecule has 16 heavy (non-hydrogen) atoms. The summed E-state index contributed by atoms with van der Waals surface area (Å²) in [5.41, 5.74) is 6.34. The lowest BCUT2D eigenvalue weighted by atomic mass is 10.3. The zero-order valence-electron chi connectivity index (χ0n) is 9.01. The molecule has 0 saturated heterocycles. The van der Waals surface area contributed by atoms with Gasteiger partial charge in [-0.2, -0.15) is 0 Å². The first-order valence-electron chi connectivity index (χ1n) is 5.20. The molecule has 1 fully saturated rings. The van der Waals surface area contributed by atoms with Crippen LogP contribution in [0.25, 0.3) is 0 Å². The van der Waals surface area contributed by atoms with E-state index in [1.807, 2.05) is 5.38 Å². The van der Waals surface area contributed by atoms with E-state index in [0.717, 1.165) is 18.5 Å². The van der Waals surface area contributed by atoms with Crippen LogP contribution in [-0.4, -0.2) is 25.2 Å². The molecule has 0 radical (unpaired) electrons. The van der Waals surface area contributed by atoms with Gasteiger partial charge in [0.2, 0.25) is 10.0 Å². The quantitative estimate of drug-likeness (QED) is 0.831. The van der Waals surface area contributed by atoms with E-state index >= 15 is 0 Å². The number of rotatable bonds is 5. The smallest absolute Gasteiger partial charge is 0.238 e. The Morgan fingerprint density at radius 2 is 2.38 bits per heavy atom. The lowest BCUT2D eigenvalue weighted by Gasteiger charge is -2.10. The topological polar surface area (TPSA) is 85.1 Å². The van der Waals surface area contributed by atoms with E-state index in [-0.39, 0.29) is 6.54 Å². The zero-order valence-corrected chi connectivity index (χ0v) is 10.6. The Kier molecular flexibility index (Phi) is 3.18. The highest BCUT2D eigenvalue weighted by Gasteiger charge is 2.27. The molecule has 5 nitrogen and oxygen atoms in total. The van der Waals surface area contributed by atoms with Crippen molar-refractivity contribution in [3.05, 3.63) is 11.1 Å². The molecule has 1 aliphatic rings. The molecule has 0 aromatic carbocycles. The summed E-state index contributed by atoms with van der Waals surface area (Å²) in [6.45, 7) is 1.69. The Morgan fingerprint density at radius 3 is 2.94 bits per heavy atom. The van der Waals surface area contributed by atoms with E-state index in [4.69, 9.17) is 5.73 Å². The third-order valence-electron chi connectivity index (χ3n) is 2.61. The molecule has 0 bridgehead atoms. The van der Waals surface area contributed by atoms with Gasteiger partial charge >= 0.3 is 0 Å². The minimum Gasteiger partial charge on any atom is -0.329 e. The molecule has 0 aliphatic heterocycles. The molecule has 1 aliphatic carbocycles. The Morgan fingerprint density at radius 1 is 1.69 bits per heavy atom. The second-order valence-electron chi connectivity index (χ2n) is 4.05. The van der Waals surface area contributed by atoms with Crippen molar-refractivity contribution in [2.75, 3.05) is 11.3 Å². The van der Waals surface area contributed by atoms with Crippen molar-refractivity contribution in [1.82, 2.24) is 4.98 Å². The van der Waals surface area contributed by atoms with Crippen molar-refractivity contribution in [3.63, 3.8) is 0 Å². The molecule has 1 aromatic heterocycles. The van der Waals surface area contributed by atoms with Gasteiger partial charge in [-0.15, -0.1) is 11.3 Å².